The van der Waals surface area contributed by atoms with E-state index in [1.807, 2.05) is 23.6 Å². The van der Waals surface area contributed by atoms with Crippen molar-refractivity contribution < 1.29 is 14.3 Å². The Hall–Kier alpha value is -1.87. The molecule has 2 aromatic heterocycles. The molecule has 6 nitrogen and oxygen atoms in total. The number of carbonyl (C=O) groups is 1. The lowest BCUT2D eigenvalue weighted by Gasteiger charge is -2.14. The average molecular weight is 439 g/mol. The van der Waals surface area contributed by atoms with E-state index in [1.54, 1.807) is 24.7 Å². The summed E-state index contributed by atoms with van der Waals surface area (Å²) in [5.74, 6) is -0.374. The van der Waals surface area contributed by atoms with Crippen molar-refractivity contribution in [3.63, 3.8) is 0 Å². The predicted molar refractivity (Wildman–Crippen MR) is 114 cm³/mol. The number of carbonyl (C=O) groups excluding carboxylic acids is 1. The molecular weight excluding hydrogens is 420 g/mol. The molecule has 1 aromatic carbocycles. The first-order valence-corrected chi connectivity index (χ1v) is 10.6. The van der Waals surface area contributed by atoms with Gasteiger partial charge in [-0.2, -0.15) is 0 Å². The maximum atomic E-state index is 13.3. The molecule has 0 amide bonds. The van der Waals surface area contributed by atoms with E-state index in [0.717, 1.165) is 11.1 Å². The molecule has 0 aliphatic heterocycles. The van der Waals surface area contributed by atoms with E-state index in [9.17, 15) is 9.59 Å². The third-order valence-electron chi connectivity index (χ3n) is 4.16. The van der Waals surface area contributed by atoms with Crippen molar-refractivity contribution >= 4 is 50.9 Å². The third-order valence-corrected chi connectivity index (χ3v) is 6.43. The van der Waals surface area contributed by atoms with E-state index >= 15 is 0 Å². The lowest BCUT2D eigenvalue weighted by Crippen LogP contribution is -2.26. The molecule has 2 heterocycles. The number of thioether (sulfide) groups is 1. The summed E-state index contributed by atoms with van der Waals surface area (Å²) in [5.41, 5.74) is 1.36. The number of rotatable bonds is 7. The van der Waals surface area contributed by atoms with Crippen LogP contribution in [0.2, 0.25) is 5.02 Å². The van der Waals surface area contributed by atoms with E-state index < -0.39 is 5.25 Å². The van der Waals surface area contributed by atoms with Gasteiger partial charge in [0, 0.05) is 28.6 Å². The summed E-state index contributed by atoms with van der Waals surface area (Å²) in [7, 11) is 2.91. The van der Waals surface area contributed by atoms with Crippen LogP contribution in [0.15, 0.2) is 39.6 Å². The van der Waals surface area contributed by atoms with Gasteiger partial charge in [-0.15, -0.1) is 11.3 Å². The van der Waals surface area contributed by atoms with Crippen LogP contribution in [0, 0.1) is 0 Å². The highest BCUT2D eigenvalue weighted by atomic mass is 35.5. The number of halogens is 1. The fourth-order valence-corrected chi connectivity index (χ4v) is 4.90. The van der Waals surface area contributed by atoms with Crippen LogP contribution in [0.25, 0.3) is 21.3 Å². The number of benzene rings is 1. The van der Waals surface area contributed by atoms with Crippen LogP contribution in [0.1, 0.15) is 6.92 Å². The maximum absolute atomic E-state index is 13.3. The Morgan fingerprint density at radius 1 is 1.32 bits per heavy atom. The Kier molecular flexibility index (Phi) is 6.77. The zero-order valence-electron chi connectivity index (χ0n) is 15.6. The summed E-state index contributed by atoms with van der Waals surface area (Å²) in [4.78, 5) is 30.4. The molecule has 0 saturated carbocycles. The van der Waals surface area contributed by atoms with Gasteiger partial charge in [0.05, 0.1) is 25.6 Å². The van der Waals surface area contributed by atoms with Gasteiger partial charge in [-0.25, -0.2) is 4.98 Å². The minimum atomic E-state index is -0.494. The molecule has 0 saturated heterocycles. The number of aromatic nitrogens is 2. The van der Waals surface area contributed by atoms with Crippen LogP contribution in [-0.4, -0.2) is 41.6 Å². The molecule has 0 fully saturated rings. The van der Waals surface area contributed by atoms with Crippen LogP contribution in [-0.2, 0) is 20.8 Å². The minimum absolute atomic E-state index is 0.183. The monoisotopic (exact) mass is 438 g/mol. The lowest BCUT2D eigenvalue weighted by molar-refractivity contribution is -0.139. The number of fused-ring (bicyclic) bond motifs is 1. The van der Waals surface area contributed by atoms with E-state index in [1.165, 1.54) is 30.2 Å². The fraction of sp³-hybridized carbons (Fsp3) is 0.316. The number of ether oxygens (including phenoxy) is 2. The Morgan fingerprint density at radius 3 is 2.75 bits per heavy atom. The topological polar surface area (TPSA) is 70.4 Å². The Bertz CT molecular complexity index is 1060. The van der Waals surface area contributed by atoms with Crippen molar-refractivity contribution in [2.75, 3.05) is 20.8 Å². The van der Waals surface area contributed by atoms with Crippen molar-refractivity contribution in [2.45, 2.75) is 23.9 Å². The molecule has 0 unspecified atom stereocenters. The smallest absolute Gasteiger partial charge is 0.318 e. The standard InChI is InChI=1S/C19H19ClN2O4S2/c1-11(18(24)26-3)28-19-21-16-15(17(23)22(19)8-9-25-2)13(10-27-16)12-6-4-5-7-14(12)20/h4-7,10-11H,8-9H2,1-3H3/t11-/m0/s1. The normalized spacial score (nSPS) is 12.3. The summed E-state index contributed by atoms with van der Waals surface area (Å²) in [6.07, 6.45) is 0. The maximum Gasteiger partial charge on any atom is 0.318 e. The summed E-state index contributed by atoms with van der Waals surface area (Å²) >= 11 is 8.91. The van der Waals surface area contributed by atoms with Crippen molar-refractivity contribution in [3.05, 3.63) is 45.0 Å². The van der Waals surface area contributed by atoms with Crippen LogP contribution < -0.4 is 5.56 Å². The molecular formula is C19H19ClN2O4S2. The highest BCUT2D eigenvalue weighted by molar-refractivity contribution is 8.00. The Labute approximate surface area is 175 Å². The highest BCUT2D eigenvalue weighted by Crippen LogP contribution is 2.36. The molecule has 0 radical (unpaired) electrons. The molecule has 148 valence electrons. The number of hydrogen-bond acceptors (Lipinski definition) is 7. The fourth-order valence-electron chi connectivity index (χ4n) is 2.73. The molecule has 0 N–H and O–H groups in total. The van der Waals surface area contributed by atoms with Crippen LogP contribution in [0.4, 0.5) is 0 Å². The second-order valence-corrected chi connectivity index (χ2v) is 8.51. The van der Waals surface area contributed by atoms with E-state index in [-0.39, 0.29) is 11.5 Å². The highest BCUT2D eigenvalue weighted by Gasteiger charge is 2.22. The van der Waals surface area contributed by atoms with Gasteiger partial charge in [-0.3, -0.25) is 14.2 Å². The SMILES string of the molecule is COCCn1c(S[C@@H](C)C(=O)OC)nc2scc(-c3ccccc3Cl)c2c1=O. The summed E-state index contributed by atoms with van der Waals surface area (Å²) in [5, 5.41) is 2.94. The Morgan fingerprint density at radius 2 is 2.07 bits per heavy atom. The minimum Gasteiger partial charge on any atom is -0.468 e. The zero-order chi connectivity index (χ0) is 20.3. The van der Waals surface area contributed by atoms with Gasteiger partial charge in [-0.1, -0.05) is 41.6 Å². The Balaban J connectivity index is 2.17. The molecule has 0 bridgehead atoms. The number of esters is 1. The van der Waals surface area contributed by atoms with Crippen molar-refractivity contribution in [2.24, 2.45) is 0 Å². The zero-order valence-corrected chi connectivity index (χ0v) is 18.0. The van der Waals surface area contributed by atoms with E-state index in [2.05, 4.69) is 4.98 Å². The molecule has 3 rings (SSSR count). The predicted octanol–water partition coefficient (Wildman–Crippen LogP) is 4.08. The number of methoxy groups -OCH3 is 2. The van der Waals surface area contributed by atoms with Crippen LogP contribution in [0.5, 0.6) is 0 Å². The number of nitrogens with zero attached hydrogens (tertiary/aromatic N) is 2. The van der Waals surface area contributed by atoms with Gasteiger partial charge in [0.2, 0.25) is 0 Å². The van der Waals surface area contributed by atoms with Crippen LogP contribution >= 0.6 is 34.7 Å². The van der Waals surface area contributed by atoms with Crippen molar-refractivity contribution in [3.8, 4) is 11.1 Å². The molecule has 9 heteroatoms. The lowest BCUT2D eigenvalue weighted by atomic mass is 10.1. The molecule has 28 heavy (non-hydrogen) atoms. The van der Waals surface area contributed by atoms with Gasteiger partial charge in [0.25, 0.3) is 5.56 Å². The van der Waals surface area contributed by atoms with Gasteiger partial charge < -0.3 is 9.47 Å². The van der Waals surface area contributed by atoms with Crippen molar-refractivity contribution in [1.29, 1.82) is 0 Å². The number of hydrogen-bond donors (Lipinski definition) is 0. The van der Waals surface area contributed by atoms with Gasteiger partial charge in [0.1, 0.15) is 10.1 Å². The summed E-state index contributed by atoms with van der Waals surface area (Å²) in [6, 6.07) is 7.40. The quantitative estimate of drug-likeness (QED) is 0.314. The van der Waals surface area contributed by atoms with Crippen molar-refractivity contribution in [1.82, 2.24) is 9.55 Å². The first-order valence-electron chi connectivity index (χ1n) is 8.48. The van der Waals surface area contributed by atoms with Gasteiger partial charge in [0.15, 0.2) is 5.16 Å². The first-order chi connectivity index (χ1) is 13.5. The van der Waals surface area contributed by atoms with Gasteiger partial charge in [-0.05, 0) is 13.0 Å². The summed E-state index contributed by atoms with van der Waals surface area (Å²) < 4.78 is 11.5. The number of thiophene rings is 1. The van der Waals surface area contributed by atoms with E-state index in [0.29, 0.717) is 33.5 Å². The second kappa shape index (κ2) is 9.09. The first kappa shape index (κ1) is 20.9. The van der Waals surface area contributed by atoms with Gasteiger partial charge >= 0.3 is 5.97 Å². The molecule has 0 aliphatic rings. The molecule has 0 aliphatic carbocycles. The largest absolute Gasteiger partial charge is 0.468 e. The summed E-state index contributed by atoms with van der Waals surface area (Å²) in [6.45, 7) is 2.39. The van der Waals surface area contributed by atoms with E-state index in [4.69, 9.17) is 21.1 Å². The molecule has 1 atom stereocenters. The second-order valence-electron chi connectivity index (χ2n) is 5.94. The van der Waals surface area contributed by atoms with Crippen LogP contribution in [0.3, 0.4) is 0 Å². The average Bonchev–Trinajstić information content (AvgIpc) is 3.11. The molecule has 0 spiro atoms. The third kappa shape index (κ3) is 4.10. The molecule has 3 aromatic rings.